The summed E-state index contributed by atoms with van der Waals surface area (Å²) >= 11 is 0.343. The minimum atomic E-state index is -2.44. The summed E-state index contributed by atoms with van der Waals surface area (Å²) in [7, 11) is 0. The maximum Gasteiger partial charge on any atom is 0.291 e. The van der Waals surface area contributed by atoms with Gasteiger partial charge in [0.25, 0.3) is 5.76 Å². The lowest BCUT2D eigenvalue weighted by atomic mass is 10.7. The van der Waals surface area contributed by atoms with Crippen molar-refractivity contribution in [3.8, 4) is 0 Å². The number of hydrogen-bond acceptors (Lipinski definition) is 3. The van der Waals surface area contributed by atoms with E-state index in [-0.39, 0.29) is 5.16 Å². The minimum Gasteiger partial charge on any atom is -0.231 e. The SMILES string of the molecule is FC(F)Sc1ncccn1. The van der Waals surface area contributed by atoms with E-state index in [4.69, 9.17) is 0 Å². The summed E-state index contributed by atoms with van der Waals surface area (Å²) in [5, 5.41) is 0.109. The van der Waals surface area contributed by atoms with Crippen molar-refractivity contribution >= 4 is 11.8 Å². The third kappa shape index (κ3) is 2.26. The van der Waals surface area contributed by atoms with Crippen molar-refractivity contribution < 1.29 is 8.78 Å². The average Bonchev–Trinajstić information content (AvgIpc) is 1.88. The van der Waals surface area contributed by atoms with Gasteiger partial charge < -0.3 is 0 Å². The van der Waals surface area contributed by atoms with Crippen LogP contribution in [-0.4, -0.2) is 15.7 Å². The van der Waals surface area contributed by atoms with Crippen LogP contribution < -0.4 is 0 Å². The van der Waals surface area contributed by atoms with Gasteiger partial charge in [-0.15, -0.1) is 0 Å². The van der Waals surface area contributed by atoms with Crippen molar-refractivity contribution in [2.45, 2.75) is 10.9 Å². The molecule has 0 aliphatic heterocycles. The number of nitrogens with zero attached hydrogens (tertiary/aromatic N) is 2. The van der Waals surface area contributed by atoms with Gasteiger partial charge in [-0.2, -0.15) is 8.78 Å². The lowest BCUT2D eigenvalue weighted by molar-refractivity contribution is 0.251. The summed E-state index contributed by atoms with van der Waals surface area (Å²) in [6, 6.07) is 1.58. The van der Waals surface area contributed by atoms with Gasteiger partial charge in [0, 0.05) is 12.4 Å². The van der Waals surface area contributed by atoms with Crippen LogP contribution in [0.3, 0.4) is 0 Å². The Bertz CT molecular complexity index is 192. The predicted octanol–water partition coefficient (Wildman–Crippen LogP) is 1.79. The van der Waals surface area contributed by atoms with Crippen molar-refractivity contribution in [2.24, 2.45) is 0 Å². The van der Waals surface area contributed by atoms with E-state index in [2.05, 4.69) is 9.97 Å². The zero-order valence-electron chi connectivity index (χ0n) is 4.87. The van der Waals surface area contributed by atoms with Crippen molar-refractivity contribution in [3.05, 3.63) is 18.5 Å². The maximum atomic E-state index is 11.6. The molecule has 0 saturated carbocycles. The highest BCUT2D eigenvalue weighted by Gasteiger charge is 2.05. The van der Waals surface area contributed by atoms with Gasteiger partial charge in [-0.25, -0.2) is 9.97 Å². The van der Waals surface area contributed by atoms with E-state index in [1.165, 1.54) is 12.4 Å². The second kappa shape index (κ2) is 3.46. The van der Waals surface area contributed by atoms with E-state index in [9.17, 15) is 8.78 Å². The summed E-state index contributed by atoms with van der Waals surface area (Å²) < 4.78 is 23.2. The van der Waals surface area contributed by atoms with Crippen LogP contribution in [0.5, 0.6) is 0 Å². The smallest absolute Gasteiger partial charge is 0.231 e. The van der Waals surface area contributed by atoms with Gasteiger partial charge in [0.1, 0.15) is 0 Å². The topological polar surface area (TPSA) is 25.8 Å². The summed E-state index contributed by atoms with van der Waals surface area (Å²) in [6.45, 7) is 0. The van der Waals surface area contributed by atoms with Crippen LogP contribution in [0.25, 0.3) is 0 Å². The molecule has 10 heavy (non-hydrogen) atoms. The molecule has 0 saturated heterocycles. The number of alkyl halides is 2. The lowest BCUT2D eigenvalue weighted by Crippen LogP contribution is -1.87. The van der Waals surface area contributed by atoms with E-state index in [1.54, 1.807) is 6.07 Å². The molecule has 0 fully saturated rings. The van der Waals surface area contributed by atoms with Gasteiger partial charge in [-0.3, -0.25) is 0 Å². The van der Waals surface area contributed by atoms with Crippen LogP contribution in [0.4, 0.5) is 8.78 Å². The van der Waals surface area contributed by atoms with Crippen molar-refractivity contribution in [1.29, 1.82) is 0 Å². The quantitative estimate of drug-likeness (QED) is 0.489. The number of thioether (sulfide) groups is 1. The van der Waals surface area contributed by atoms with Crippen LogP contribution >= 0.6 is 11.8 Å². The Morgan fingerprint density at radius 2 is 1.90 bits per heavy atom. The highest BCUT2D eigenvalue weighted by Crippen LogP contribution is 2.19. The van der Waals surface area contributed by atoms with Crippen molar-refractivity contribution in [2.75, 3.05) is 0 Å². The number of hydrogen-bond donors (Lipinski definition) is 0. The minimum absolute atomic E-state index is 0.109. The van der Waals surface area contributed by atoms with Gasteiger partial charge in [0.2, 0.25) is 0 Å². The molecule has 1 heterocycles. The van der Waals surface area contributed by atoms with Gasteiger partial charge >= 0.3 is 0 Å². The van der Waals surface area contributed by atoms with E-state index in [0.717, 1.165) is 0 Å². The second-order valence-corrected chi connectivity index (χ2v) is 2.37. The molecule has 0 bridgehead atoms. The summed E-state index contributed by atoms with van der Waals surface area (Å²) in [5.74, 6) is -2.44. The molecule has 1 aromatic rings. The monoisotopic (exact) mass is 162 g/mol. The molecule has 1 aromatic heterocycles. The first kappa shape index (κ1) is 7.40. The molecule has 0 aliphatic carbocycles. The Morgan fingerprint density at radius 1 is 1.30 bits per heavy atom. The van der Waals surface area contributed by atoms with Gasteiger partial charge in [0.05, 0.1) is 0 Å². The zero-order chi connectivity index (χ0) is 7.40. The van der Waals surface area contributed by atoms with Crippen LogP contribution in [0.15, 0.2) is 23.6 Å². The summed E-state index contributed by atoms with van der Waals surface area (Å²) in [6.07, 6.45) is 2.86. The fourth-order valence-corrected chi connectivity index (χ4v) is 0.829. The Morgan fingerprint density at radius 3 is 2.40 bits per heavy atom. The van der Waals surface area contributed by atoms with Crippen molar-refractivity contribution in [1.82, 2.24) is 9.97 Å². The Balaban J connectivity index is 2.59. The molecule has 54 valence electrons. The van der Waals surface area contributed by atoms with Crippen LogP contribution in [0, 0.1) is 0 Å². The largest absolute Gasteiger partial charge is 0.291 e. The fourth-order valence-electron chi connectivity index (χ4n) is 0.426. The van der Waals surface area contributed by atoms with Crippen molar-refractivity contribution in [3.63, 3.8) is 0 Å². The molecule has 0 aliphatic rings. The lowest BCUT2D eigenvalue weighted by Gasteiger charge is -1.94. The molecule has 0 spiro atoms. The third-order valence-electron chi connectivity index (χ3n) is 0.737. The Labute approximate surface area is 60.7 Å². The highest BCUT2D eigenvalue weighted by molar-refractivity contribution is 7.99. The van der Waals surface area contributed by atoms with Gasteiger partial charge in [0.15, 0.2) is 5.16 Å². The number of rotatable bonds is 2. The average molecular weight is 162 g/mol. The molecule has 0 amide bonds. The summed E-state index contributed by atoms with van der Waals surface area (Å²) in [4.78, 5) is 7.18. The van der Waals surface area contributed by atoms with E-state index < -0.39 is 5.76 Å². The highest BCUT2D eigenvalue weighted by atomic mass is 32.2. The van der Waals surface area contributed by atoms with Gasteiger partial charge in [-0.05, 0) is 17.8 Å². The van der Waals surface area contributed by atoms with Gasteiger partial charge in [-0.1, -0.05) is 0 Å². The molecule has 0 atom stereocenters. The van der Waals surface area contributed by atoms with Crippen LogP contribution in [0.2, 0.25) is 0 Å². The zero-order valence-corrected chi connectivity index (χ0v) is 5.68. The molecule has 0 N–H and O–H groups in total. The second-order valence-electron chi connectivity index (χ2n) is 1.41. The Hall–Kier alpha value is -0.710. The molecule has 0 aromatic carbocycles. The number of aromatic nitrogens is 2. The molecular formula is C5H4F2N2S. The molecular weight excluding hydrogens is 158 g/mol. The predicted molar refractivity (Wildman–Crippen MR) is 33.9 cm³/mol. The number of halogens is 2. The maximum absolute atomic E-state index is 11.6. The standard InChI is InChI=1S/C5H4F2N2S/c6-4(7)10-5-8-2-1-3-9-5/h1-4H. The summed E-state index contributed by atoms with van der Waals surface area (Å²) in [5.41, 5.74) is 0. The van der Waals surface area contributed by atoms with Crippen LogP contribution in [0.1, 0.15) is 0 Å². The Kier molecular flexibility index (Phi) is 2.56. The molecule has 1 rings (SSSR count). The molecule has 0 unspecified atom stereocenters. The first-order chi connectivity index (χ1) is 4.79. The van der Waals surface area contributed by atoms with E-state index in [0.29, 0.717) is 11.8 Å². The molecule has 5 heteroatoms. The van der Waals surface area contributed by atoms with Crippen LogP contribution in [-0.2, 0) is 0 Å². The molecule has 0 radical (unpaired) electrons. The fraction of sp³-hybridized carbons (Fsp3) is 0.200. The first-order valence-corrected chi connectivity index (χ1v) is 3.39. The van der Waals surface area contributed by atoms with E-state index >= 15 is 0 Å². The first-order valence-electron chi connectivity index (χ1n) is 2.51. The van der Waals surface area contributed by atoms with E-state index in [1.807, 2.05) is 0 Å². The molecule has 2 nitrogen and oxygen atoms in total. The third-order valence-corrected chi connectivity index (χ3v) is 1.34. The normalized spacial score (nSPS) is 10.3.